The molecular weight excluding hydrogens is 180 g/mol. The number of alkyl halides is 2. The Bertz CT molecular complexity index is 218. The van der Waals surface area contributed by atoms with E-state index in [2.05, 4.69) is 0 Å². The lowest BCUT2D eigenvalue weighted by atomic mass is 10.2. The summed E-state index contributed by atoms with van der Waals surface area (Å²) in [6.07, 6.45) is -0.569. The first-order valence-corrected chi connectivity index (χ1v) is 4.20. The van der Waals surface area contributed by atoms with E-state index in [1.807, 2.05) is 0 Å². The normalized spacial score (nSPS) is 28.2. The maximum Gasteiger partial charge on any atom is 0.321 e. The SMILES string of the molecule is CC(C)N1CC(F)(F)CC1C(=O)O. The zero-order valence-electron chi connectivity index (χ0n) is 7.63. The quantitative estimate of drug-likeness (QED) is 0.716. The van der Waals surface area contributed by atoms with Gasteiger partial charge in [0.25, 0.3) is 5.92 Å². The monoisotopic (exact) mass is 193 g/mol. The Morgan fingerprint density at radius 2 is 2.15 bits per heavy atom. The van der Waals surface area contributed by atoms with E-state index in [0.717, 1.165) is 0 Å². The van der Waals surface area contributed by atoms with Crippen molar-refractivity contribution >= 4 is 5.97 Å². The number of hydrogen-bond donors (Lipinski definition) is 1. The van der Waals surface area contributed by atoms with Crippen LogP contribution in [-0.4, -0.2) is 40.5 Å². The standard InChI is InChI=1S/C8H13F2NO2/c1-5(2)11-4-8(9,10)3-6(11)7(12)13/h5-6H,3-4H2,1-2H3,(H,12,13). The maximum absolute atomic E-state index is 12.9. The molecule has 0 aromatic rings. The van der Waals surface area contributed by atoms with Crippen molar-refractivity contribution in [3.63, 3.8) is 0 Å². The molecule has 1 saturated heterocycles. The first-order chi connectivity index (χ1) is 5.83. The number of halogens is 2. The minimum absolute atomic E-state index is 0.158. The van der Waals surface area contributed by atoms with Gasteiger partial charge in [-0.1, -0.05) is 0 Å². The van der Waals surface area contributed by atoms with Crippen LogP contribution in [0.3, 0.4) is 0 Å². The zero-order chi connectivity index (χ0) is 10.2. The van der Waals surface area contributed by atoms with E-state index in [1.54, 1.807) is 13.8 Å². The van der Waals surface area contributed by atoms with Crippen LogP contribution in [0.4, 0.5) is 8.78 Å². The van der Waals surface area contributed by atoms with Crippen molar-refractivity contribution in [2.75, 3.05) is 6.54 Å². The van der Waals surface area contributed by atoms with Crippen LogP contribution in [0.5, 0.6) is 0 Å². The summed E-state index contributed by atoms with van der Waals surface area (Å²) in [5.41, 5.74) is 0. The fourth-order valence-corrected chi connectivity index (χ4v) is 1.61. The molecule has 0 bridgehead atoms. The van der Waals surface area contributed by atoms with Gasteiger partial charge >= 0.3 is 5.97 Å². The molecule has 0 spiro atoms. The Balaban J connectivity index is 2.77. The Labute approximate surface area is 75.3 Å². The molecule has 3 nitrogen and oxygen atoms in total. The van der Waals surface area contributed by atoms with Crippen LogP contribution >= 0.6 is 0 Å². The number of carbonyl (C=O) groups is 1. The highest BCUT2D eigenvalue weighted by Gasteiger charge is 2.48. The average Bonchev–Trinajstić information content (AvgIpc) is 2.26. The highest BCUT2D eigenvalue weighted by atomic mass is 19.3. The second-order valence-electron chi connectivity index (χ2n) is 3.68. The number of carboxylic acids is 1. The van der Waals surface area contributed by atoms with Crippen LogP contribution in [0.1, 0.15) is 20.3 Å². The van der Waals surface area contributed by atoms with Crippen molar-refractivity contribution in [2.45, 2.75) is 38.3 Å². The third kappa shape index (κ3) is 2.15. The highest BCUT2D eigenvalue weighted by molar-refractivity contribution is 5.74. The molecule has 1 fully saturated rings. The number of hydrogen-bond acceptors (Lipinski definition) is 2. The number of rotatable bonds is 2. The summed E-state index contributed by atoms with van der Waals surface area (Å²) in [5.74, 6) is -4.02. The first-order valence-electron chi connectivity index (χ1n) is 4.20. The van der Waals surface area contributed by atoms with E-state index in [4.69, 9.17) is 5.11 Å². The van der Waals surface area contributed by atoms with Crippen LogP contribution in [0.25, 0.3) is 0 Å². The van der Waals surface area contributed by atoms with Gasteiger partial charge in [-0.15, -0.1) is 0 Å². The fourth-order valence-electron chi connectivity index (χ4n) is 1.61. The zero-order valence-corrected chi connectivity index (χ0v) is 7.63. The first kappa shape index (κ1) is 10.4. The summed E-state index contributed by atoms with van der Waals surface area (Å²) in [4.78, 5) is 12.0. The van der Waals surface area contributed by atoms with Crippen molar-refractivity contribution in [3.8, 4) is 0 Å². The molecule has 1 rings (SSSR count). The summed E-state index contributed by atoms with van der Waals surface area (Å²) in [6, 6.07) is -1.19. The van der Waals surface area contributed by atoms with Gasteiger partial charge in [-0.3, -0.25) is 9.69 Å². The van der Waals surface area contributed by atoms with Gasteiger partial charge in [-0.05, 0) is 13.8 Å². The molecule has 1 unspecified atom stereocenters. The molecule has 1 N–H and O–H groups in total. The number of likely N-dealkylation sites (tertiary alicyclic amines) is 1. The van der Waals surface area contributed by atoms with Crippen LogP contribution in [0.2, 0.25) is 0 Å². The largest absolute Gasteiger partial charge is 0.480 e. The van der Waals surface area contributed by atoms with Crippen LogP contribution in [0.15, 0.2) is 0 Å². The smallest absolute Gasteiger partial charge is 0.321 e. The lowest BCUT2D eigenvalue weighted by Gasteiger charge is -2.24. The highest BCUT2D eigenvalue weighted by Crippen LogP contribution is 2.33. The summed E-state index contributed by atoms with van der Waals surface area (Å²) in [5, 5.41) is 8.69. The molecule has 0 radical (unpaired) electrons. The summed E-state index contributed by atoms with van der Waals surface area (Å²) in [6.45, 7) is 3.00. The van der Waals surface area contributed by atoms with Crippen molar-refractivity contribution in [1.29, 1.82) is 0 Å². The topological polar surface area (TPSA) is 40.5 Å². The molecule has 0 aliphatic carbocycles. The number of aliphatic carboxylic acids is 1. The molecule has 1 aliphatic rings. The second-order valence-corrected chi connectivity index (χ2v) is 3.68. The molecular formula is C8H13F2NO2. The number of carboxylic acid groups (broad SMARTS) is 1. The van der Waals surface area contributed by atoms with E-state index in [1.165, 1.54) is 4.90 Å². The Kier molecular flexibility index (Phi) is 2.56. The van der Waals surface area contributed by atoms with Gasteiger partial charge in [0.2, 0.25) is 0 Å². The summed E-state index contributed by atoms with van der Waals surface area (Å²) >= 11 is 0. The van der Waals surface area contributed by atoms with Crippen molar-refractivity contribution in [3.05, 3.63) is 0 Å². The van der Waals surface area contributed by atoms with E-state index in [-0.39, 0.29) is 6.04 Å². The lowest BCUT2D eigenvalue weighted by Crippen LogP contribution is -2.40. The van der Waals surface area contributed by atoms with E-state index < -0.39 is 30.9 Å². The molecule has 0 saturated carbocycles. The van der Waals surface area contributed by atoms with E-state index in [0.29, 0.717) is 0 Å². The van der Waals surface area contributed by atoms with Gasteiger partial charge in [0.05, 0.1) is 6.54 Å². The van der Waals surface area contributed by atoms with Gasteiger partial charge in [0.1, 0.15) is 6.04 Å². The molecule has 0 aromatic heterocycles. The minimum atomic E-state index is -2.85. The van der Waals surface area contributed by atoms with Gasteiger partial charge in [-0.2, -0.15) is 0 Å². The van der Waals surface area contributed by atoms with Crippen LogP contribution in [-0.2, 0) is 4.79 Å². The fraction of sp³-hybridized carbons (Fsp3) is 0.875. The van der Waals surface area contributed by atoms with Gasteiger partial charge in [0, 0.05) is 12.5 Å². The minimum Gasteiger partial charge on any atom is -0.480 e. The van der Waals surface area contributed by atoms with Gasteiger partial charge in [-0.25, -0.2) is 8.78 Å². The van der Waals surface area contributed by atoms with Gasteiger partial charge in [0.15, 0.2) is 0 Å². The third-order valence-electron chi connectivity index (χ3n) is 2.25. The van der Waals surface area contributed by atoms with E-state index >= 15 is 0 Å². The predicted molar refractivity (Wildman–Crippen MR) is 42.8 cm³/mol. The van der Waals surface area contributed by atoms with Crippen molar-refractivity contribution < 1.29 is 18.7 Å². The maximum atomic E-state index is 12.9. The van der Waals surface area contributed by atoms with E-state index in [9.17, 15) is 13.6 Å². The molecule has 0 aromatic carbocycles. The lowest BCUT2D eigenvalue weighted by molar-refractivity contribution is -0.142. The molecule has 0 amide bonds. The second kappa shape index (κ2) is 3.21. The molecule has 5 heteroatoms. The molecule has 1 heterocycles. The van der Waals surface area contributed by atoms with Gasteiger partial charge < -0.3 is 5.11 Å². The van der Waals surface area contributed by atoms with Crippen LogP contribution in [0, 0.1) is 0 Å². The summed E-state index contributed by atoms with van der Waals surface area (Å²) < 4.78 is 25.7. The molecule has 1 aliphatic heterocycles. The molecule has 76 valence electrons. The van der Waals surface area contributed by atoms with Crippen molar-refractivity contribution in [2.24, 2.45) is 0 Å². The molecule has 13 heavy (non-hydrogen) atoms. The van der Waals surface area contributed by atoms with Crippen LogP contribution < -0.4 is 0 Å². The average molecular weight is 193 g/mol. The number of nitrogens with zero attached hydrogens (tertiary/aromatic N) is 1. The van der Waals surface area contributed by atoms with Crippen molar-refractivity contribution in [1.82, 2.24) is 4.90 Å². The summed E-state index contributed by atoms with van der Waals surface area (Å²) in [7, 11) is 0. The third-order valence-corrected chi connectivity index (χ3v) is 2.25. The Morgan fingerprint density at radius 3 is 2.46 bits per heavy atom. The molecule has 1 atom stereocenters. The Morgan fingerprint density at radius 1 is 1.62 bits per heavy atom. The predicted octanol–water partition coefficient (Wildman–Crippen LogP) is 1.19. The Hall–Kier alpha value is -0.710.